The Balaban J connectivity index is 1.27. The summed E-state index contributed by atoms with van der Waals surface area (Å²) >= 11 is 1.29. The second-order valence-corrected chi connectivity index (χ2v) is 11.2. The molecule has 2 aromatic heterocycles. The number of para-hydroxylation sites is 1. The summed E-state index contributed by atoms with van der Waals surface area (Å²) in [5, 5.41) is 23.1. The predicted octanol–water partition coefficient (Wildman–Crippen LogP) is 7.22. The summed E-state index contributed by atoms with van der Waals surface area (Å²) in [6.45, 7) is 0. The fourth-order valence-electron chi connectivity index (χ4n) is 5.23. The molecule has 8 heteroatoms. The minimum Gasteiger partial charge on any atom is -0.478 e. The van der Waals surface area contributed by atoms with Crippen molar-refractivity contribution in [3.63, 3.8) is 0 Å². The van der Waals surface area contributed by atoms with E-state index in [2.05, 4.69) is 16.4 Å². The van der Waals surface area contributed by atoms with E-state index < -0.39 is 11.2 Å². The number of carboxylic acids is 1. The average Bonchev–Trinajstić information content (AvgIpc) is 3.03. The Morgan fingerprint density at radius 2 is 1.64 bits per heavy atom. The molecule has 6 rings (SSSR count). The van der Waals surface area contributed by atoms with Gasteiger partial charge in [0.1, 0.15) is 16.3 Å². The molecule has 0 fully saturated rings. The zero-order chi connectivity index (χ0) is 29.1. The van der Waals surface area contributed by atoms with E-state index in [4.69, 9.17) is 4.98 Å². The molecule has 1 aliphatic carbocycles. The molecular weight excluding hydrogens is 544 g/mol. The quantitative estimate of drug-likeness (QED) is 0.199. The Morgan fingerprint density at radius 1 is 0.905 bits per heavy atom. The van der Waals surface area contributed by atoms with E-state index in [9.17, 15) is 20.0 Å². The van der Waals surface area contributed by atoms with Gasteiger partial charge in [-0.3, -0.25) is 4.79 Å². The molecule has 206 valence electrons. The van der Waals surface area contributed by atoms with Crippen molar-refractivity contribution in [2.45, 2.75) is 36.0 Å². The lowest BCUT2D eigenvalue weighted by atomic mass is 9.95. The molecule has 0 bridgehead atoms. The molecule has 0 saturated carbocycles. The number of nitriles is 1. The first-order chi connectivity index (χ1) is 20.5. The number of nitrogens with one attached hydrogen (secondary N) is 1. The van der Waals surface area contributed by atoms with Gasteiger partial charge in [-0.25, -0.2) is 14.8 Å². The summed E-state index contributed by atoms with van der Waals surface area (Å²) in [5.41, 5.74) is 6.06. The molecule has 2 heterocycles. The topological polar surface area (TPSA) is 116 Å². The third-order valence-corrected chi connectivity index (χ3v) is 8.61. The maximum absolute atomic E-state index is 13.7. The zero-order valence-electron chi connectivity index (χ0n) is 22.6. The number of carboxylic acid groups (broad SMARTS) is 1. The molecule has 0 spiro atoms. The Bertz CT molecular complexity index is 1850. The van der Waals surface area contributed by atoms with Crippen LogP contribution >= 0.6 is 11.8 Å². The average molecular weight is 571 g/mol. The number of thioether (sulfide) groups is 1. The van der Waals surface area contributed by atoms with Gasteiger partial charge < -0.3 is 10.4 Å². The first-order valence-corrected chi connectivity index (χ1v) is 14.6. The number of fused-ring (bicyclic) bond motifs is 2. The highest BCUT2D eigenvalue weighted by Crippen LogP contribution is 2.38. The van der Waals surface area contributed by atoms with Crippen molar-refractivity contribution in [1.29, 1.82) is 5.26 Å². The summed E-state index contributed by atoms with van der Waals surface area (Å²) in [5.74, 6) is -1.25. The standard InChI is InChI=1S/C34H26N4O3S/c35-20-24-18-23-10-4-6-12-28(23)38-33(24)42-31(22-8-2-1-3-9-22)32(39)36-25-16-14-21(15-17-25)30-19-27(34(40)41)26-11-5-7-13-29(26)37-30/h1-3,5,7-9,11,13-19,31H,4,6,10,12H2,(H,36,39)(H,40,41). The monoisotopic (exact) mass is 570 g/mol. The molecule has 3 aromatic carbocycles. The van der Waals surface area contributed by atoms with Crippen LogP contribution in [-0.4, -0.2) is 27.0 Å². The number of aromatic carboxylic acids is 1. The first-order valence-electron chi connectivity index (χ1n) is 13.7. The molecule has 0 radical (unpaired) electrons. The number of amides is 1. The van der Waals surface area contributed by atoms with Crippen LogP contribution in [0.3, 0.4) is 0 Å². The SMILES string of the molecule is N#Cc1cc2c(nc1SC(C(=O)Nc1ccc(-c3cc(C(=O)O)c4ccccc4n3)cc1)c1ccccc1)CCCC2. The summed E-state index contributed by atoms with van der Waals surface area (Å²) < 4.78 is 0. The van der Waals surface area contributed by atoms with Gasteiger partial charge in [0.25, 0.3) is 0 Å². The number of carbonyl (C=O) groups excluding carboxylic acids is 1. The molecule has 1 unspecified atom stereocenters. The minimum atomic E-state index is -1.02. The zero-order valence-corrected chi connectivity index (χ0v) is 23.4. The molecule has 2 N–H and O–H groups in total. The van der Waals surface area contributed by atoms with Gasteiger partial charge in [0, 0.05) is 22.3 Å². The maximum Gasteiger partial charge on any atom is 0.336 e. The summed E-state index contributed by atoms with van der Waals surface area (Å²) in [6.07, 6.45) is 3.97. The van der Waals surface area contributed by atoms with Crippen molar-refractivity contribution >= 4 is 40.2 Å². The van der Waals surface area contributed by atoms with Crippen molar-refractivity contribution in [3.05, 3.63) is 119 Å². The van der Waals surface area contributed by atoms with Gasteiger partial charge in [-0.1, -0.05) is 72.4 Å². The molecule has 5 aromatic rings. The Kier molecular flexibility index (Phi) is 7.67. The highest BCUT2D eigenvalue weighted by atomic mass is 32.2. The van der Waals surface area contributed by atoms with E-state index in [0.29, 0.717) is 32.9 Å². The smallest absolute Gasteiger partial charge is 0.336 e. The lowest BCUT2D eigenvalue weighted by Gasteiger charge is -2.20. The van der Waals surface area contributed by atoms with Crippen LogP contribution in [0, 0.1) is 11.3 Å². The summed E-state index contributed by atoms with van der Waals surface area (Å²) in [4.78, 5) is 35.1. The van der Waals surface area contributed by atoms with Gasteiger partial charge in [-0.2, -0.15) is 5.26 Å². The first kappa shape index (κ1) is 27.2. The number of hydrogen-bond donors (Lipinski definition) is 2. The largest absolute Gasteiger partial charge is 0.478 e. The molecule has 0 aliphatic heterocycles. The number of aryl methyl sites for hydroxylation is 2. The second kappa shape index (κ2) is 11.9. The van der Waals surface area contributed by atoms with Crippen LogP contribution in [0.4, 0.5) is 5.69 Å². The predicted molar refractivity (Wildman–Crippen MR) is 163 cm³/mol. The fraction of sp³-hybridized carbons (Fsp3) is 0.147. The van der Waals surface area contributed by atoms with Crippen molar-refractivity contribution in [3.8, 4) is 17.3 Å². The molecule has 1 aliphatic rings. The van der Waals surface area contributed by atoms with Gasteiger partial charge in [0.2, 0.25) is 5.91 Å². The molecule has 42 heavy (non-hydrogen) atoms. The molecule has 0 saturated heterocycles. The molecular formula is C34H26N4O3S. The van der Waals surface area contributed by atoms with Crippen LogP contribution in [0.2, 0.25) is 0 Å². The summed E-state index contributed by atoms with van der Waals surface area (Å²) in [6, 6.07) is 29.6. The van der Waals surface area contributed by atoms with Crippen LogP contribution in [0.1, 0.15) is 50.8 Å². The van der Waals surface area contributed by atoms with E-state index >= 15 is 0 Å². The fourth-order valence-corrected chi connectivity index (χ4v) is 6.31. The van der Waals surface area contributed by atoms with Gasteiger partial charge >= 0.3 is 5.97 Å². The van der Waals surface area contributed by atoms with Crippen LogP contribution in [0.15, 0.2) is 96.0 Å². The van der Waals surface area contributed by atoms with E-state index in [-0.39, 0.29) is 11.5 Å². The number of benzene rings is 3. The number of nitrogens with zero attached hydrogens (tertiary/aromatic N) is 3. The van der Waals surface area contributed by atoms with Crippen LogP contribution in [-0.2, 0) is 17.6 Å². The van der Waals surface area contributed by atoms with Crippen LogP contribution in [0.25, 0.3) is 22.2 Å². The van der Waals surface area contributed by atoms with E-state index in [1.54, 1.807) is 36.4 Å². The second-order valence-electron chi connectivity index (χ2n) is 10.1. The van der Waals surface area contributed by atoms with Gasteiger partial charge in [-0.05, 0) is 67.1 Å². The van der Waals surface area contributed by atoms with Crippen LogP contribution in [0.5, 0.6) is 0 Å². The van der Waals surface area contributed by atoms with Gasteiger partial charge in [-0.15, -0.1) is 0 Å². The minimum absolute atomic E-state index is 0.184. The van der Waals surface area contributed by atoms with Crippen LogP contribution < -0.4 is 5.32 Å². The van der Waals surface area contributed by atoms with Gasteiger partial charge in [0.15, 0.2) is 0 Å². The Hall–Kier alpha value is -5.00. The normalized spacial score (nSPS) is 13.1. The highest BCUT2D eigenvalue weighted by molar-refractivity contribution is 8.00. The number of aromatic nitrogens is 2. The number of rotatable bonds is 7. The van der Waals surface area contributed by atoms with E-state index in [1.165, 1.54) is 11.8 Å². The van der Waals surface area contributed by atoms with Crippen molar-refractivity contribution in [2.24, 2.45) is 0 Å². The Labute approximate surface area is 247 Å². The molecule has 1 atom stereocenters. The van der Waals surface area contributed by atoms with E-state index in [1.807, 2.05) is 54.6 Å². The van der Waals surface area contributed by atoms with Crippen molar-refractivity contribution in [2.75, 3.05) is 5.32 Å². The lowest BCUT2D eigenvalue weighted by Crippen LogP contribution is -2.19. The molecule has 7 nitrogen and oxygen atoms in total. The lowest BCUT2D eigenvalue weighted by molar-refractivity contribution is -0.115. The highest BCUT2D eigenvalue weighted by Gasteiger charge is 2.26. The van der Waals surface area contributed by atoms with E-state index in [0.717, 1.165) is 48.1 Å². The number of hydrogen-bond acceptors (Lipinski definition) is 6. The Morgan fingerprint density at radius 3 is 2.40 bits per heavy atom. The summed E-state index contributed by atoms with van der Waals surface area (Å²) in [7, 11) is 0. The third kappa shape index (κ3) is 5.60. The maximum atomic E-state index is 13.7. The van der Waals surface area contributed by atoms with Crippen molar-refractivity contribution < 1.29 is 14.7 Å². The third-order valence-electron chi connectivity index (χ3n) is 7.35. The molecule has 1 amide bonds. The van der Waals surface area contributed by atoms with Gasteiger partial charge in [0.05, 0.1) is 22.3 Å². The number of carbonyl (C=O) groups is 2. The number of anilines is 1. The van der Waals surface area contributed by atoms with Crippen molar-refractivity contribution in [1.82, 2.24) is 9.97 Å². The number of pyridine rings is 2.